The summed E-state index contributed by atoms with van der Waals surface area (Å²) in [6.45, 7) is 3.57. The lowest BCUT2D eigenvalue weighted by molar-refractivity contribution is -0.0505. The van der Waals surface area contributed by atoms with E-state index in [2.05, 4.69) is 54.0 Å². The van der Waals surface area contributed by atoms with E-state index in [1.54, 1.807) is 18.2 Å². The monoisotopic (exact) mass is 348 g/mol. The molecule has 0 aliphatic carbocycles. The molecule has 5 heteroatoms. The predicted octanol–water partition coefficient (Wildman–Crippen LogP) is 4.42. The SMILES string of the molecule is CC(C)N(C)Cc1cccc(CNCc2ccccc2OC(F)F)c1. The molecule has 25 heavy (non-hydrogen) atoms. The van der Waals surface area contributed by atoms with E-state index in [9.17, 15) is 8.78 Å². The van der Waals surface area contributed by atoms with Gasteiger partial charge in [0, 0.05) is 31.2 Å². The van der Waals surface area contributed by atoms with E-state index >= 15 is 0 Å². The summed E-state index contributed by atoms with van der Waals surface area (Å²) >= 11 is 0. The van der Waals surface area contributed by atoms with Crippen molar-refractivity contribution in [3.05, 3.63) is 65.2 Å². The quantitative estimate of drug-likeness (QED) is 0.726. The maximum absolute atomic E-state index is 12.4. The number of rotatable bonds is 9. The number of hydrogen-bond donors (Lipinski definition) is 1. The normalized spacial score (nSPS) is 11.5. The molecule has 2 aromatic rings. The van der Waals surface area contributed by atoms with Crippen molar-refractivity contribution in [1.29, 1.82) is 0 Å². The summed E-state index contributed by atoms with van der Waals surface area (Å²) in [6, 6.07) is 15.8. The van der Waals surface area contributed by atoms with Gasteiger partial charge in [0.15, 0.2) is 0 Å². The number of ether oxygens (including phenoxy) is 1. The maximum atomic E-state index is 12.4. The Kier molecular flexibility index (Phi) is 7.34. The Morgan fingerprint density at radius 3 is 2.44 bits per heavy atom. The van der Waals surface area contributed by atoms with E-state index in [4.69, 9.17) is 0 Å². The van der Waals surface area contributed by atoms with Crippen molar-refractivity contribution < 1.29 is 13.5 Å². The second-order valence-electron chi connectivity index (χ2n) is 6.42. The topological polar surface area (TPSA) is 24.5 Å². The molecule has 0 amide bonds. The fourth-order valence-corrected chi connectivity index (χ4v) is 2.51. The minimum atomic E-state index is -2.81. The Labute approximate surface area is 148 Å². The van der Waals surface area contributed by atoms with Gasteiger partial charge in [-0.3, -0.25) is 4.90 Å². The standard InChI is InChI=1S/C20H26F2N2O/c1-15(2)24(3)14-17-8-6-7-16(11-17)12-23-13-18-9-4-5-10-19(18)25-20(21)22/h4-11,15,20,23H,12-14H2,1-3H3. The fourth-order valence-electron chi connectivity index (χ4n) is 2.51. The molecule has 0 saturated heterocycles. The summed E-state index contributed by atoms with van der Waals surface area (Å²) in [5.74, 6) is 0.220. The first kappa shape index (κ1) is 19.3. The molecule has 0 aliphatic rings. The van der Waals surface area contributed by atoms with Crippen LogP contribution in [-0.4, -0.2) is 24.6 Å². The zero-order valence-corrected chi connectivity index (χ0v) is 15.0. The average Bonchev–Trinajstić information content (AvgIpc) is 2.56. The lowest BCUT2D eigenvalue weighted by atomic mass is 10.1. The summed E-state index contributed by atoms with van der Waals surface area (Å²) in [5.41, 5.74) is 3.15. The first-order valence-corrected chi connectivity index (χ1v) is 8.47. The van der Waals surface area contributed by atoms with Crippen molar-refractivity contribution in [3.63, 3.8) is 0 Å². The molecule has 0 radical (unpaired) electrons. The fraction of sp³-hybridized carbons (Fsp3) is 0.400. The van der Waals surface area contributed by atoms with E-state index in [0.717, 1.165) is 12.1 Å². The molecule has 2 aromatic carbocycles. The summed E-state index contributed by atoms with van der Waals surface area (Å²) in [7, 11) is 2.11. The molecule has 0 atom stereocenters. The Balaban J connectivity index is 1.92. The summed E-state index contributed by atoms with van der Waals surface area (Å²) < 4.78 is 29.4. The molecule has 0 aromatic heterocycles. The van der Waals surface area contributed by atoms with E-state index < -0.39 is 6.61 Å². The summed E-state index contributed by atoms with van der Waals surface area (Å²) in [5, 5.41) is 3.30. The number of hydrogen-bond acceptors (Lipinski definition) is 3. The second-order valence-corrected chi connectivity index (χ2v) is 6.42. The van der Waals surface area contributed by atoms with Gasteiger partial charge in [0.05, 0.1) is 0 Å². The van der Waals surface area contributed by atoms with Crippen molar-refractivity contribution in [2.45, 2.75) is 46.1 Å². The molecule has 0 fully saturated rings. The van der Waals surface area contributed by atoms with Crippen LogP contribution < -0.4 is 10.1 Å². The number of benzene rings is 2. The largest absolute Gasteiger partial charge is 0.434 e. The van der Waals surface area contributed by atoms with Crippen molar-refractivity contribution >= 4 is 0 Å². The molecule has 2 rings (SSSR count). The summed E-state index contributed by atoms with van der Waals surface area (Å²) in [4.78, 5) is 2.28. The minimum Gasteiger partial charge on any atom is -0.434 e. The zero-order valence-electron chi connectivity index (χ0n) is 15.0. The van der Waals surface area contributed by atoms with Crippen molar-refractivity contribution in [3.8, 4) is 5.75 Å². The van der Waals surface area contributed by atoms with Gasteiger partial charge in [-0.1, -0.05) is 42.5 Å². The third-order valence-electron chi connectivity index (χ3n) is 4.14. The van der Waals surface area contributed by atoms with Gasteiger partial charge in [-0.15, -0.1) is 0 Å². The number of nitrogens with zero attached hydrogens (tertiary/aromatic N) is 1. The second kappa shape index (κ2) is 9.49. The van der Waals surface area contributed by atoms with Crippen molar-refractivity contribution in [2.75, 3.05) is 7.05 Å². The van der Waals surface area contributed by atoms with Crippen LogP contribution in [0.3, 0.4) is 0 Å². The minimum absolute atomic E-state index is 0.220. The lowest BCUT2D eigenvalue weighted by Crippen LogP contribution is -2.25. The highest BCUT2D eigenvalue weighted by molar-refractivity contribution is 5.33. The molecule has 0 saturated carbocycles. The van der Waals surface area contributed by atoms with Crippen LogP contribution in [0, 0.1) is 0 Å². The van der Waals surface area contributed by atoms with E-state index in [0.29, 0.717) is 19.1 Å². The number of para-hydroxylation sites is 1. The van der Waals surface area contributed by atoms with Gasteiger partial charge in [-0.2, -0.15) is 8.78 Å². The van der Waals surface area contributed by atoms with Gasteiger partial charge in [-0.25, -0.2) is 0 Å². The van der Waals surface area contributed by atoms with Crippen LogP contribution in [0.2, 0.25) is 0 Å². The van der Waals surface area contributed by atoms with Crippen LogP contribution >= 0.6 is 0 Å². The van der Waals surface area contributed by atoms with Crippen molar-refractivity contribution in [1.82, 2.24) is 10.2 Å². The number of alkyl halides is 2. The zero-order chi connectivity index (χ0) is 18.2. The Bertz CT molecular complexity index is 662. The maximum Gasteiger partial charge on any atom is 0.387 e. The van der Waals surface area contributed by atoms with Crippen molar-refractivity contribution in [2.24, 2.45) is 0 Å². The molecule has 0 bridgehead atoms. The van der Waals surface area contributed by atoms with Gasteiger partial charge in [-0.05, 0) is 38.1 Å². The van der Waals surface area contributed by atoms with Crippen LogP contribution in [0.15, 0.2) is 48.5 Å². The summed E-state index contributed by atoms with van der Waals surface area (Å²) in [6.07, 6.45) is 0. The predicted molar refractivity (Wildman–Crippen MR) is 96.7 cm³/mol. The van der Waals surface area contributed by atoms with Crippen LogP contribution in [-0.2, 0) is 19.6 Å². The highest BCUT2D eigenvalue weighted by atomic mass is 19.3. The van der Waals surface area contributed by atoms with Gasteiger partial charge in [0.2, 0.25) is 0 Å². The highest BCUT2D eigenvalue weighted by Crippen LogP contribution is 2.20. The highest BCUT2D eigenvalue weighted by Gasteiger charge is 2.09. The number of nitrogens with one attached hydrogen (secondary N) is 1. The van der Waals surface area contributed by atoms with E-state index in [-0.39, 0.29) is 5.75 Å². The van der Waals surface area contributed by atoms with Crippen LogP contribution in [0.1, 0.15) is 30.5 Å². The van der Waals surface area contributed by atoms with E-state index in [1.165, 1.54) is 11.1 Å². The van der Waals surface area contributed by atoms with Gasteiger partial charge < -0.3 is 10.1 Å². The Morgan fingerprint density at radius 1 is 1.00 bits per heavy atom. The van der Waals surface area contributed by atoms with Gasteiger partial charge in [0.25, 0.3) is 0 Å². The molecule has 1 N–H and O–H groups in total. The van der Waals surface area contributed by atoms with Gasteiger partial charge >= 0.3 is 6.61 Å². The molecule has 0 aliphatic heterocycles. The Hall–Kier alpha value is -1.98. The molecule has 0 unspecified atom stereocenters. The van der Waals surface area contributed by atoms with Crippen LogP contribution in [0.4, 0.5) is 8.78 Å². The first-order chi connectivity index (χ1) is 12.0. The van der Waals surface area contributed by atoms with E-state index in [1.807, 2.05) is 12.1 Å². The van der Waals surface area contributed by atoms with Gasteiger partial charge in [0.1, 0.15) is 5.75 Å². The third kappa shape index (κ3) is 6.44. The van der Waals surface area contributed by atoms with Crippen LogP contribution in [0.25, 0.3) is 0 Å². The molecular formula is C20H26F2N2O. The first-order valence-electron chi connectivity index (χ1n) is 8.47. The average molecular weight is 348 g/mol. The van der Waals surface area contributed by atoms with Crippen LogP contribution in [0.5, 0.6) is 5.75 Å². The lowest BCUT2D eigenvalue weighted by Gasteiger charge is -2.21. The molecule has 3 nitrogen and oxygen atoms in total. The molecule has 0 spiro atoms. The Morgan fingerprint density at radius 2 is 1.72 bits per heavy atom. The molecule has 0 heterocycles. The molecule has 136 valence electrons. The molecular weight excluding hydrogens is 322 g/mol. The number of halogens is 2. The third-order valence-corrected chi connectivity index (χ3v) is 4.14. The smallest absolute Gasteiger partial charge is 0.387 e.